The van der Waals surface area contributed by atoms with Crippen molar-refractivity contribution in [1.82, 2.24) is 9.97 Å². The zero-order valence-corrected chi connectivity index (χ0v) is 11.9. The molecule has 0 radical (unpaired) electrons. The predicted octanol–water partition coefficient (Wildman–Crippen LogP) is 0.507. The summed E-state index contributed by atoms with van der Waals surface area (Å²) in [5.74, 6) is 8.04. The minimum absolute atomic E-state index is 0.243. The number of ether oxygens (including phenoxy) is 1. The molecule has 1 saturated heterocycles. The smallest absolute Gasteiger partial charge is 0.158 e. The Balaban J connectivity index is 2.15. The molecule has 1 aromatic heterocycles. The highest BCUT2D eigenvalue weighted by atomic mass is 16.5. The molecule has 0 bridgehead atoms. The van der Waals surface area contributed by atoms with E-state index >= 15 is 0 Å². The number of nitrogens with zero attached hydrogens (tertiary/aromatic N) is 3. The molecule has 1 fully saturated rings. The molecule has 7 heteroatoms. The summed E-state index contributed by atoms with van der Waals surface area (Å²) in [5, 5.41) is 9.08. The van der Waals surface area contributed by atoms with Crippen LogP contribution in [0.25, 0.3) is 0 Å². The molecule has 0 amide bonds. The maximum atomic E-state index is 9.08. The van der Waals surface area contributed by atoms with E-state index in [0.29, 0.717) is 24.2 Å². The van der Waals surface area contributed by atoms with Gasteiger partial charge in [0.15, 0.2) is 5.82 Å². The standard InChI is InChI=1S/C13H23N5O2/c1-20-9-12-15-11(17-14)7-13(16-12)18-5-2-3-10(8-18)4-6-19/h7,10,19H,2-6,8-9,14H2,1H3,(H,15,16,17). The van der Waals surface area contributed by atoms with Crippen LogP contribution in [0.3, 0.4) is 0 Å². The maximum absolute atomic E-state index is 9.08. The van der Waals surface area contributed by atoms with E-state index in [4.69, 9.17) is 15.7 Å². The number of piperidine rings is 1. The number of nitrogens with two attached hydrogens (primary N) is 1. The van der Waals surface area contributed by atoms with Gasteiger partial charge < -0.3 is 20.2 Å². The monoisotopic (exact) mass is 281 g/mol. The molecule has 2 heterocycles. The summed E-state index contributed by atoms with van der Waals surface area (Å²) in [7, 11) is 1.61. The van der Waals surface area contributed by atoms with Crippen LogP contribution in [0, 0.1) is 5.92 Å². The number of aliphatic hydroxyl groups excluding tert-OH is 1. The molecule has 7 nitrogen and oxygen atoms in total. The van der Waals surface area contributed by atoms with Crippen molar-refractivity contribution in [3.8, 4) is 0 Å². The summed E-state index contributed by atoms with van der Waals surface area (Å²) in [6, 6.07) is 1.85. The summed E-state index contributed by atoms with van der Waals surface area (Å²) in [5.41, 5.74) is 2.57. The number of nitrogen functional groups attached to an aromatic ring is 1. The van der Waals surface area contributed by atoms with Gasteiger partial charge >= 0.3 is 0 Å². The quantitative estimate of drug-likeness (QED) is 0.516. The number of aromatic nitrogens is 2. The van der Waals surface area contributed by atoms with Gasteiger partial charge in [-0.05, 0) is 25.2 Å². The highest BCUT2D eigenvalue weighted by Gasteiger charge is 2.21. The highest BCUT2D eigenvalue weighted by molar-refractivity contribution is 5.49. The van der Waals surface area contributed by atoms with Gasteiger partial charge in [-0.25, -0.2) is 15.8 Å². The lowest BCUT2D eigenvalue weighted by Gasteiger charge is -2.33. The molecule has 2 rings (SSSR count). The Bertz CT molecular complexity index is 427. The zero-order valence-electron chi connectivity index (χ0n) is 11.9. The first-order valence-corrected chi connectivity index (χ1v) is 6.96. The Morgan fingerprint density at radius 2 is 2.40 bits per heavy atom. The summed E-state index contributed by atoms with van der Waals surface area (Å²) in [6.45, 7) is 2.48. The fourth-order valence-electron chi connectivity index (χ4n) is 2.60. The summed E-state index contributed by atoms with van der Waals surface area (Å²) >= 11 is 0. The molecule has 20 heavy (non-hydrogen) atoms. The third kappa shape index (κ3) is 3.78. The van der Waals surface area contributed by atoms with Crippen LogP contribution in [-0.4, -0.2) is 41.9 Å². The van der Waals surface area contributed by atoms with E-state index in [9.17, 15) is 0 Å². The molecule has 0 saturated carbocycles. The second-order valence-electron chi connectivity index (χ2n) is 5.07. The van der Waals surface area contributed by atoms with E-state index in [1.54, 1.807) is 7.11 Å². The Morgan fingerprint density at radius 1 is 1.55 bits per heavy atom. The van der Waals surface area contributed by atoms with Crippen LogP contribution in [-0.2, 0) is 11.3 Å². The lowest BCUT2D eigenvalue weighted by molar-refractivity contribution is 0.178. The average molecular weight is 281 g/mol. The first-order valence-electron chi connectivity index (χ1n) is 6.96. The van der Waals surface area contributed by atoms with Gasteiger partial charge in [-0.15, -0.1) is 0 Å². The molecule has 112 valence electrons. The molecule has 0 aliphatic carbocycles. The van der Waals surface area contributed by atoms with Crippen LogP contribution in [0.15, 0.2) is 6.07 Å². The second kappa shape index (κ2) is 7.37. The number of anilines is 2. The van der Waals surface area contributed by atoms with Crippen LogP contribution >= 0.6 is 0 Å². The molecule has 1 atom stereocenters. The number of nitrogens with one attached hydrogen (secondary N) is 1. The Morgan fingerprint density at radius 3 is 3.10 bits per heavy atom. The third-order valence-corrected chi connectivity index (χ3v) is 3.56. The van der Waals surface area contributed by atoms with E-state index in [2.05, 4.69) is 20.3 Å². The molecular weight excluding hydrogens is 258 g/mol. The van der Waals surface area contributed by atoms with Crippen molar-refractivity contribution in [3.05, 3.63) is 11.9 Å². The van der Waals surface area contributed by atoms with Crippen LogP contribution in [0.2, 0.25) is 0 Å². The molecule has 1 aliphatic rings. The largest absolute Gasteiger partial charge is 0.396 e. The minimum Gasteiger partial charge on any atom is -0.396 e. The van der Waals surface area contributed by atoms with Crippen molar-refractivity contribution >= 4 is 11.6 Å². The molecule has 1 unspecified atom stereocenters. The summed E-state index contributed by atoms with van der Waals surface area (Å²) in [4.78, 5) is 11.0. The van der Waals surface area contributed by atoms with Gasteiger partial charge in [0.25, 0.3) is 0 Å². The van der Waals surface area contributed by atoms with Crippen molar-refractivity contribution in [1.29, 1.82) is 0 Å². The van der Waals surface area contributed by atoms with Gasteiger partial charge in [0.05, 0.1) is 0 Å². The van der Waals surface area contributed by atoms with E-state index in [0.717, 1.165) is 38.2 Å². The van der Waals surface area contributed by atoms with Crippen LogP contribution in [0.1, 0.15) is 25.1 Å². The lowest BCUT2D eigenvalue weighted by Crippen LogP contribution is -2.36. The molecule has 1 aromatic rings. The number of hydrogen-bond donors (Lipinski definition) is 3. The topological polar surface area (TPSA) is 96.5 Å². The van der Waals surface area contributed by atoms with E-state index in [1.807, 2.05) is 6.07 Å². The van der Waals surface area contributed by atoms with Crippen molar-refractivity contribution in [3.63, 3.8) is 0 Å². The van der Waals surface area contributed by atoms with Crippen LogP contribution < -0.4 is 16.2 Å². The van der Waals surface area contributed by atoms with Gasteiger partial charge in [-0.2, -0.15) is 0 Å². The molecule has 0 spiro atoms. The van der Waals surface area contributed by atoms with Gasteiger partial charge in [-0.1, -0.05) is 0 Å². The minimum atomic E-state index is 0.243. The van der Waals surface area contributed by atoms with Gasteiger partial charge in [-0.3, -0.25) is 0 Å². The summed E-state index contributed by atoms with van der Waals surface area (Å²) in [6.07, 6.45) is 3.11. The Hall–Kier alpha value is -1.44. The van der Waals surface area contributed by atoms with Gasteiger partial charge in [0, 0.05) is 32.9 Å². The number of hydrogen-bond acceptors (Lipinski definition) is 7. The maximum Gasteiger partial charge on any atom is 0.158 e. The first kappa shape index (κ1) is 15.0. The highest BCUT2D eigenvalue weighted by Crippen LogP contribution is 2.25. The van der Waals surface area contributed by atoms with Crippen LogP contribution in [0.5, 0.6) is 0 Å². The molecule has 4 N–H and O–H groups in total. The Kier molecular flexibility index (Phi) is 5.51. The SMILES string of the molecule is COCc1nc(NN)cc(N2CCCC(CCO)C2)n1. The van der Waals surface area contributed by atoms with Crippen molar-refractivity contribution in [2.75, 3.05) is 37.1 Å². The zero-order chi connectivity index (χ0) is 14.4. The average Bonchev–Trinajstić information content (AvgIpc) is 2.48. The number of rotatable bonds is 6. The number of aliphatic hydroxyl groups is 1. The third-order valence-electron chi connectivity index (χ3n) is 3.56. The fraction of sp³-hybridized carbons (Fsp3) is 0.692. The number of methoxy groups -OCH3 is 1. The normalized spacial score (nSPS) is 19.1. The van der Waals surface area contributed by atoms with E-state index in [-0.39, 0.29) is 6.61 Å². The van der Waals surface area contributed by atoms with E-state index in [1.165, 1.54) is 0 Å². The van der Waals surface area contributed by atoms with Crippen LogP contribution in [0.4, 0.5) is 11.6 Å². The molecular formula is C13H23N5O2. The molecule has 0 aromatic carbocycles. The second-order valence-corrected chi connectivity index (χ2v) is 5.07. The van der Waals surface area contributed by atoms with Crippen molar-refractivity contribution in [2.45, 2.75) is 25.9 Å². The summed E-state index contributed by atoms with van der Waals surface area (Å²) < 4.78 is 5.08. The first-order chi connectivity index (χ1) is 9.76. The van der Waals surface area contributed by atoms with Crippen molar-refractivity contribution in [2.24, 2.45) is 11.8 Å². The van der Waals surface area contributed by atoms with E-state index < -0.39 is 0 Å². The lowest BCUT2D eigenvalue weighted by atomic mass is 9.95. The number of hydrazine groups is 1. The molecule has 1 aliphatic heterocycles. The Labute approximate surface area is 119 Å². The predicted molar refractivity (Wildman–Crippen MR) is 77.2 cm³/mol. The van der Waals surface area contributed by atoms with Crippen molar-refractivity contribution < 1.29 is 9.84 Å². The van der Waals surface area contributed by atoms with Gasteiger partial charge in [0.1, 0.15) is 18.2 Å². The fourth-order valence-corrected chi connectivity index (χ4v) is 2.60. The van der Waals surface area contributed by atoms with Gasteiger partial charge in [0.2, 0.25) is 0 Å².